The van der Waals surface area contributed by atoms with Crippen LogP contribution < -0.4 is 0 Å². The summed E-state index contributed by atoms with van der Waals surface area (Å²) in [5, 5.41) is 8.99. The van der Waals surface area contributed by atoms with E-state index in [1.807, 2.05) is 32.9 Å². The van der Waals surface area contributed by atoms with Gasteiger partial charge in [0.05, 0.1) is 6.61 Å². The Morgan fingerprint density at radius 3 is 2.64 bits per heavy atom. The van der Waals surface area contributed by atoms with E-state index in [1.54, 1.807) is 6.20 Å². The molecule has 0 aliphatic carbocycles. The van der Waals surface area contributed by atoms with Crippen LogP contribution in [0.4, 0.5) is 0 Å². The molecule has 74 valence electrons. The molecule has 1 aromatic heterocycles. The highest BCUT2D eigenvalue weighted by atomic mass is 16.3. The van der Waals surface area contributed by atoms with Gasteiger partial charge in [0.2, 0.25) is 0 Å². The first-order valence-corrected chi connectivity index (χ1v) is 4.60. The van der Waals surface area contributed by atoms with Crippen LogP contribution in [0.25, 0.3) is 0 Å². The Hall–Kier alpha value is -1.33. The van der Waals surface area contributed by atoms with E-state index in [0.717, 1.165) is 11.3 Å². The lowest BCUT2D eigenvalue weighted by atomic mass is 9.96. The number of rotatable bonds is 1. The number of pyridine rings is 1. The van der Waals surface area contributed by atoms with Gasteiger partial charge in [-0.1, -0.05) is 12.0 Å². The number of aromatic nitrogens is 1. The lowest BCUT2D eigenvalue weighted by Crippen LogP contribution is -2.13. The van der Waals surface area contributed by atoms with E-state index in [0.29, 0.717) is 0 Å². The van der Waals surface area contributed by atoms with Crippen molar-refractivity contribution in [2.45, 2.75) is 20.8 Å². The maximum Gasteiger partial charge on any atom is 0.113 e. The van der Waals surface area contributed by atoms with E-state index in [4.69, 9.17) is 5.11 Å². The molecule has 14 heavy (non-hydrogen) atoms. The summed E-state index contributed by atoms with van der Waals surface area (Å²) in [6.45, 7) is 5.84. The Bertz CT molecular complexity index is 354. The summed E-state index contributed by atoms with van der Waals surface area (Å²) in [7, 11) is 0. The van der Waals surface area contributed by atoms with Crippen LogP contribution >= 0.6 is 0 Å². The summed E-state index contributed by atoms with van der Waals surface area (Å²) in [6, 6.07) is 3.86. The molecule has 1 aromatic rings. The molecule has 1 heterocycles. The molecule has 1 rings (SSSR count). The van der Waals surface area contributed by atoms with Gasteiger partial charge >= 0.3 is 0 Å². The first-order chi connectivity index (χ1) is 6.53. The third kappa shape index (κ3) is 3.20. The maximum absolute atomic E-state index is 8.99. The predicted molar refractivity (Wildman–Crippen MR) is 56.7 cm³/mol. The second-order valence-corrected chi connectivity index (χ2v) is 4.01. The van der Waals surface area contributed by atoms with Crippen molar-refractivity contribution in [2.24, 2.45) is 5.41 Å². The summed E-state index contributed by atoms with van der Waals surface area (Å²) >= 11 is 0. The van der Waals surface area contributed by atoms with Crippen LogP contribution in [0.5, 0.6) is 0 Å². The first-order valence-electron chi connectivity index (χ1n) is 4.60. The van der Waals surface area contributed by atoms with Crippen molar-refractivity contribution in [3.8, 4) is 11.8 Å². The number of aliphatic hydroxyl groups is 1. The molecule has 0 radical (unpaired) electrons. The second kappa shape index (κ2) is 4.26. The van der Waals surface area contributed by atoms with Crippen molar-refractivity contribution < 1.29 is 5.11 Å². The zero-order chi connectivity index (χ0) is 10.6. The zero-order valence-electron chi connectivity index (χ0n) is 8.83. The quantitative estimate of drug-likeness (QED) is 0.683. The van der Waals surface area contributed by atoms with Crippen LogP contribution in [0.1, 0.15) is 25.1 Å². The summed E-state index contributed by atoms with van der Waals surface area (Å²) in [6.07, 6.45) is 1.79. The fourth-order valence-corrected chi connectivity index (χ4v) is 0.815. The lowest BCUT2D eigenvalue weighted by molar-refractivity contribution is 0.206. The van der Waals surface area contributed by atoms with Crippen molar-refractivity contribution in [3.05, 3.63) is 29.6 Å². The molecule has 0 atom stereocenters. The molecule has 0 aliphatic heterocycles. The topological polar surface area (TPSA) is 33.1 Å². The van der Waals surface area contributed by atoms with Crippen LogP contribution in [0.3, 0.4) is 0 Å². The van der Waals surface area contributed by atoms with E-state index in [-0.39, 0.29) is 12.0 Å². The van der Waals surface area contributed by atoms with E-state index in [1.165, 1.54) is 0 Å². The van der Waals surface area contributed by atoms with Gasteiger partial charge in [-0.25, -0.2) is 4.98 Å². The molecule has 2 nitrogen and oxygen atoms in total. The highest BCUT2D eigenvalue weighted by Crippen LogP contribution is 2.11. The summed E-state index contributed by atoms with van der Waals surface area (Å²) in [5.41, 5.74) is 1.51. The van der Waals surface area contributed by atoms with Gasteiger partial charge in [-0.3, -0.25) is 0 Å². The van der Waals surface area contributed by atoms with Gasteiger partial charge in [0, 0.05) is 11.6 Å². The second-order valence-electron chi connectivity index (χ2n) is 4.01. The van der Waals surface area contributed by atoms with Crippen molar-refractivity contribution in [2.75, 3.05) is 6.61 Å². The van der Waals surface area contributed by atoms with E-state index >= 15 is 0 Å². The van der Waals surface area contributed by atoms with Gasteiger partial charge in [-0.05, 0) is 38.3 Å². The van der Waals surface area contributed by atoms with Crippen molar-refractivity contribution in [1.29, 1.82) is 0 Å². The highest BCUT2D eigenvalue weighted by Gasteiger charge is 2.11. The van der Waals surface area contributed by atoms with E-state index < -0.39 is 0 Å². The minimum Gasteiger partial charge on any atom is -0.395 e. The van der Waals surface area contributed by atoms with Crippen molar-refractivity contribution >= 4 is 0 Å². The number of aliphatic hydroxyl groups excluding tert-OH is 1. The summed E-state index contributed by atoms with van der Waals surface area (Å²) in [4.78, 5) is 4.16. The van der Waals surface area contributed by atoms with Crippen LogP contribution in [0, 0.1) is 24.2 Å². The van der Waals surface area contributed by atoms with E-state index in [9.17, 15) is 0 Å². The third-order valence-corrected chi connectivity index (χ3v) is 1.84. The number of nitrogens with zero attached hydrogens (tertiary/aromatic N) is 1. The largest absolute Gasteiger partial charge is 0.395 e. The van der Waals surface area contributed by atoms with Gasteiger partial charge in [0.15, 0.2) is 0 Å². The summed E-state index contributed by atoms with van der Waals surface area (Å²) in [5.74, 6) is 5.92. The lowest BCUT2D eigenvalue weighted by Gasteiger charge is -2.11. The fourth-order valence-electron chi connectivity index (χ4n) is 0.815. The smallest absolute Gasteiger partial charge is 0.113 e. The third-order valence-electron chi connectivity index (χ3n) is 1.84. The van der Waals surface area contributed by atoms with Crippen LogP contribution in [-0.4, -0.2) is 16.7 Å². The molecule has 0 aliphatic rings. The molecule has 2 heteroatoms. The van der Waals surface area contributed by atoms with Crippen molar-refractivity contribution in [1.82, 2.24) is 4.98 Å². The maximum atomic E-state index is 8.99. The first kappa shape index (κ1) is 10.7. The van der Waals surface area contributed by atoms with Gasteiger partial charge in [-0.15, -0.1) is 0 Å². The Morgan fingerprint density at radius 1 is 1.43 bits per heavy atom. The molecule has 0 bridgehead atoms. The minimum absolute atomic E-state index is 0.0614. The van der Waals surface area contributed by atoms with Crippen LogP contribution in [0.2, 0.25) is 0 Å². The molecule has 1 N–H and O–H groups in total. The molecule has 0 aromatic carbocycles. The molecule has 0 amide bonds. The average molecular weight is 189 g/mol. The Kier molecular flexibility index (Phi) is 3.27. The van der Waals surface area contributed by atoms with Gasteiger partial charge < -0.3 is 5.11 Å². The normalized spacial score (nSPS) is 10.6. The van der Waals surface area contributed by atoms with Crippen LogP contribution in [0.15, 0.2) is 18.3 Å². The summed E-state index contributed by atoms with van der Waals surface area (Å²) < 4.78 is 0. The number of hydrogen-bond donors (Lipinski definition) is 1. The molecule has 0 spiro atoms. The Labute approximate surface area is 85.0 Å². The van der Waals surface area contributed by atoms with E-state index in [2.05, 4.69) is 16.8 Å². The predicted octanol–water partition coefficient (Wildman–Crippen LogP) is 1.76. The number of aryl methyl sites for hydroxylation is 1. The van der Waals surface area contributed by atoms with Crippen LogP contribution in [-0.2, 0) is 0 Å². The SMILES string of the molecule is Cc1ccc(C#CC(C)(C)CO)nc1. The molecule has 0 fully saturated rings. The standard InChI is InChI=1S/C12H15NO/c1-10-4-5-11(13-8-10)6-7-12(2,3)9-14/h4-5,8,14H,9H2,1-3H3. The monoisotopic (exact) mass is 189 g/mol. The molecule has 0 saturated carbocycles. The molecule has 0 saturated heterocycles. The molecular weight excluding hydrogens is 174 g/mol. The highest BCUT2D eigenvalue weighted by molar-refractivity contribution is 5.30. The molecule has 0 unspecified atom stereocenters. The van der Waals surface area contributed by atoms with Gasteiger partial charge in [0.1, 0.15) is 5.69 Å². The number of hydrogen-bond acceptors (Lipinski definition) is 2. The van der Waals surface area contributed by atoms with Gasteiger partial charge in [-0.2, -0.15) is 0 Å². The Balaban J connectivity index is 2.83. The average Bonchev–Trinajstić information content (AvgIpc) is 2.17. The Morgan fingerprint density at radius 2 is 2.14 bits per heavy atom. The van der Waals surface area contributed by atoms with Gasteiger partial charge in [0.25, 0.3) is 0 Å². The molecular formula is C12H15NO. The minimum atomic E-state index is -0.355. The van der Waals surface area contributed by atoms with Crippen molar-refractivity contribution in [3.63, 3.8) is 0 Å². The fraction of sp³-hybridized carbons (Fsp3) is 0.417. The zero-order valence-corrected chi connectivity index (χ0v) is 8.83.